The maximum absolute atomic E-state index is 10.8. The second kappa shape index (κ2) is 9.30. The van der Waals surface area contributed by atoms with Crippen LogP contribution in [0.25, 0.3) is 0 Å². The minimum atomic E-state index is -0.179. The minimum Gasteiger partial charge on any atom is -0.469 e. The van der Waals surface area contributed by atoms with Crippen molar-refractivity contribution < 1.29 is 19.4 Å². The van der Waals surface area contributed by atoms with Gasteiger partial charge in [-0.25, -0.2) is 0 Å². The third-order valence-corrected chi connectivity index (χ3v) is 3.34. The summed E-state index contributed by atoms with van der Waals surface area (Å²) in [5.74, 6) is -0.179. The van der Waals surface area contributed by atoms with E-state index in [2.05, 4.69) is 9.64 Å². The summed E-state index contributed by atoms with van der Waals surface area (Å²) in [6.45, 7) is 3.67. The van der Waals surface area contributed by atoms with Gasteiger partial charge in [0.15, 0.2) is 0 Å². The number of carbonyl (C=O) groups excluding carboxylic acids is 1. The van der Waals surface area contributed by atoms with E-state index in [1.807, 2.05) is 0 Å². The topological polar surface area (TPSA) is 59.0 Å². The van der Waals surface area contributed by atoms with Crippen LogP contribution in [0, 0.1) is 0 Å². The number of aliphatic hydroxyl groups excluding tert-OH is 1. The smallest absolute Gasteiger partial charge is 0.305 e. The van der Waals surface area contributed by atoms with E-state index in [9.17, 15) is 4.79 Å². The van der Waals surface area contributed by atoms with E-state index in [1.165, 1.54) is 13.5 Å². The molecule has 1 N–H and O–H groups in total. The molecule has 0 spiro atoms. The minimum absolute atomic E-state index is 0.179. The number of hydrogen-bond acceptors (Lipinski definition) is 5. The number of aliphatic hydroxyl groups is 1. The molecule has 0 aliphatic carbocycles. The number of methoxy groups -OCH3 is 1. The summed E-state index contributed by atoms with van der Waals surface area (Å²) in [5, 5.41) is 9.17. The van der Waals surface area contributed by atoms with Crippen LogP contribution >= 0.6 is 0 Å². The van der Waals surface area contributed by atoms with Crippen molar-refractivity contribution in [3.63, 3.8) is 0 Å². The van der Waals surface area contributed by atoms with Crippen LogP contribution in [0.3, 0.4) is 0 Å². The SMILES string of the molecule is COC(=O)CCCOCCCN1CCC[C@H]1CO. The summed E-state index contributed by atoms with van der Waals surface area (Å²) in [4.78, 5) is 13.2. The van der Waals surface area contributed by atoms with E-state index in [1.54, 1.807) is 0 Å². The molecule has 0 aromatic heterocycles. The monoisotopic (exact) mass is 259 g/mol. The van der Waals surface area contributed by atoms with Crippen molar-refractivity contribution in [3.05, 3.63) is 0 Å². The zero-order valence-corrected chi connectivity index (χ0v) is 11.3. The van der Waals surface area contributed by atoms with Crippen LogP contribution in [0.2, 0.25) is 0 Å². The van der Waals surface area contributed by atoms with Crippen molar-refractivity contribution in [3.8, 4) is 0 Å². The number of likely N-dealkylation sites (tertiary alicyclic amines) is 1. The molecule has 0 aromatic carbocycles. The molecule has 1 rings (SSSR count). The summed E-state index contributed by atoms with van der Waals surface area (Å²) in [6.07, 6.45) is 4.42. The summed E-state index contributed by atoms with van der Waals surface area (Å²) < 4.78 is 10.0. The molecule has 1 aliphatic rings. The van der Waals surface area contributed by atoms with Gasteiger partial charge >= 0.3 is 5.97 Å². The molecule has 0 bridgehead atoms. The molecule has 0 radical (unpaired) electrons. The highest BCUT2D eigenvalue weighted by atomic mass is 16.5. The molecule has 0 unspecified atom stereocenters. The van der Waals surface area contributed by atoms with Gasteiger partial charge < -0.3 is 14.6 Å². The van der Waals surface area contributed by atoms with Gasteiger partial charge in [0.25, 0.3) is 0 Å². The first-order chi connectivity index (χ1) is 8.77. The average molecular weight is 259 g/mol. The third kappa shape index (κ3) is 5.80. The largest absolute Gasteiger partial charge is 0.469 e. The summed E-state index contributed by atoms with van der Waals surface area (Å²) in [6, 6.07) is 0.351. The van der Waals surface area contributed by atoms with Gasteiger partial charge in [-0.2, -0.15) is 0 Å². The number of hydrogen-bond donors (Lipinski definition) is 1. The van der Waals surface area contributed by atoms with E-state index >= 15 is 0 Å². The molecule has 18 heavy (non-hydrogen) atoms. The van der Waals surface area contributed by atoms with E-state index in [-0.39, 0.29) is 12.6 Å². The number of ether oxygens (including phenoxy) is 2. The van der Waals surface area contributed by atoms with Gasteiger partial charge in [0.2, 0.25) is 0 Å². The van der Waals surface area contributed by atoms with Crippen molar-refractivity contribution >= 4 is 5.97 Å². The van der Waals surface area contributed by atoms with Crippen LogP contribution in [0.15, 0.2) is 0 Å². The third-order valence-electron chi connectivity index (χ3n) is 3.34. The lowest BCUT2D eigenvalue weighted by molar-refractivity contribution is -0.141. The van der Waals surface area contributed by atoms with Crippen LogP contribution < -0.4 is 0 Å². The Kier molecular flexibility index (Phi) is 7.96. The highest BCUT2D eigenvalue weighted by Crippen LogP contribution is 2.16. The number of rotatable bonds is 9. The second-order valence-corrected chi connectivity index (χ2v) is 4.66. The lowest BCUT2D eigenvalue weighted by Gasteiger charge is -2.22. The van der Waals surface area contributed by atoms with E-state index in [4.69, 9.17) is 9.84 Å². The van der Waals surface area contributed by atoms with Gasteiger partial charge in [-0.1, -0.05) is 0 Å². The van der Waals surface area contributed by atoms with Crippen LogP contribution in [-0.4, -0.2) is 62.0 Å². The van der Waals surface area contributed by atoms with E-state index < -0.39 is 0 Å². The second-order valence-electron chi connectivity index (χ2n) is 4.66. The van der Waals surface area contributed by atoms with Crippen molar-refractivity contribution in [1.29, 1.82) is 0 Å². The molecule has 1 fully saturated rings. The Morgan fingerprint density at radius 3 is 2.89 bits per heavy atom. The van der Waals surface area contributed by atoms with Crippen LogP contribution in [0.1, 0.15) is 32.1 Å². The Bertz CT molecular complexity index is 235. The number of nitrogens with zero attached hydrogens (tertiary/aromatic N) is 1. The zero-order valence-electron chi connectivity index (χ0n) is 11.3. The van der Waals surface area contributed by atoms with Gasteiger partial charge in [0, 0.05) is 32.2 Å². The Labute approximate surface area is 109 Å². The molecule has 0 amide bonds. The van der Waals surface area contributed by atoms with Crippen molar-refractivity contribution in [2.75, 3.05) is 40.0 Å². The number of esters is 1. The van der Waals surface area contributed by atoms with Gasteiger partial charge in [0.05, 0.1) is 13.7 Å². The number of carbonyl (C=O) groups is 1. The van der Waals surface area contributed by atoms with E-state index in [0.717, 1.165) is 39.0 Å². The Hall–Kier alpha value is -0.650. The lowest BCUT2D eigenvalue weighted by atomic mass is 10.2. The predicted molar refractivity (Wildman–Crippen MR) is 68.4 cm³/mol. The van der Waals surface area contributed by atoms with Gasteiger partial charge in [-0.05, 0) is 32.2 Å². The highest BCUT2D eigenvalue weighted by molar-refractivity contribution is 5.68. The quantitative estimate of drug-likeness (QED) is 0.490. The summed E-state index contributed by atoms with van der Waals surface area (Å²) in [7, 11) is 1.40. The van der Waals surface area contributed by atoms with Crippen LogP contribution in [0.4, 0.5) is 0 Å². The molecule has 106 valence electrons. The summed E-state index contributed by atoms with van der Waals surface area (Å²) in [5.41, 5.74) is 0. The van der Waals surface area contributed by atoms with Gasteiger partial charge in [0.1, 0.15) is 0 Å². The fourth-order valence-corrected chi connectivity index (χ4v) is 2.29. The fourth-order valence-electron chi connectivity index (χ4n) is 2.29. The van der Waals surface area contributed by atoms with Gasteiger partial charge in [-0.15, -0.1) is 0 Å². The molecule has 1 saturated heterocycles. The van der Waals surface area contributed by atoms with Crippen LogP contribution in [0.5, 0.6) is 0 Å². The van der Waals surface area contributed by atoms with Crippen molar-refractivity contribution in [1.82, 2.24) is 4.90 Å². The first-order valence-corrected chi connectivity index (χ1v) is 6.77. The Morgan fingerprint density at radius 2 is 2.17 bits per heavy atom. The highest BCUT2D eigenvalue weighted by Gasteiger charge is 2.22. The molecule has 1 atom stereocenters. The molecule has 0 aromatic rings. The predicted octanol–water partition coefficient (Wildman–Crippen LogP) is 0.803. The first kappa shape index (κ1) is 15.4. The van der Waals surface area contributed by atoms with Crippen LogP contribution in [-0.2, 0) is 14.3 Å². The van der Waals surface area contributed by atoms with Gasteiger partial charge in [-0.3, -0.25) is 9.69 Å². The Balaban J connectivity index is 1.91. The molecule has 5 nitrogen and oxygen atoms in total. The molecule has 0 saturated carbocycles. The zero-order chi connectivity index (χ0) is 13.2. The average Bonchev–Trinajstić information content (AvgIpc) is 2.84. The van der Waals surface area contributed by atoms with Crippen molar-refractivity contribution in [2.24, 2.45) is 0 Å². The molecule has 1 heterocycles. The van der Waals surface area contributed by atoms with Crippen molar-refractivity contribution in [2.45, 2.75) is 38.1 Å². The maximum atomic E-state index is 10.8. The molecular formula is C13H25NO4. The Morgan fingerprint density at radius 1 is 1.39 bits per heavy atom. The first-order valence-electron chi connectivity index (χ1n) is 6.77. The lowest BCUT2D eigenvalue weighted by Crippen LogP contribution is -2.33. The standard InChI is InChI=1S/C13H25NO4/c1-17-13(16)6-3-9-18-10-4-8-14-7-2-5-12(14)11-15/h12,15H,2-11H2,1H3/t12-/m0/s1. The summed E-state index contributed by atoms with van der Waals surface area (Å²) >= 11 is 0. The molecular weight excluding hydrogens is 234 g/mol. The maximum Gasteiger partial charge on any atom is 0.305 e. The molecule has 1 aliphatic heterocycles. The van der Waals surface area contributed by atoms with E-state index in [0.29, 0.717) is 19.1 Å². The molecule has 5 heteroatoms. The normalized spacial score (nSPS) is 20.2. The fraction of sp³-hybridized carbons (Fsp3) is 0.923.